The first-order chi connectivity index (χ1) is 19.9. The van der Waals surface area contributed by atoms with Crippen LogP contribution in [0.3, 0.4) is 0 Å². The number of hydrogen-bond acceptors (Lipinski definition) is 8. The molecule has 0 radical (unpaired) electrons. The molecule has 0 bridgehead atoms. The van der Waals surface area contributed by atoms with E-state index in [1.807, 2.05) is 61.7 Å². The fourth-order valence-electron chi connectivity index (χ4n) is 4.17. The number of para-hydroxylation sites is 1. The molecule has 0 atom stereocenters. The molecule has 10 heteroatoms. The Labute approximate surface area is 251 Å². The molecule has 0 unspecified atom stereocenters. The number of nitrogens with one attached hydrogen (secondary N) is 1. The first kappa shape index (κ1) is 29.5. The zero-order valence-corrected chi connectivity index (χ0v) is 26.8. The third-order valence-electron chi connectivity index (χ3n) is 7.68. The van der Waals surface area contributed by atoms with Crippen LogP contribution in [0, 0.1) is 6.92 Å². The predicted molar refractivity (Wildman–Crippen MR) is 172 cm³/mol. The number of pyridine rings is 3. The van der Waals surface area contributed by atoms with Gasteiger partial charge in [-0.15, -0.1) is 0 Å². The van der Waals surface area contributed by atoms with Crippen LogP contribution in [-0.2, 0) is 11.0 Å². The summed E-state index contributed by atoms with van der Waals surface area (Å²) in [6.45, 7) is 13.6. The van der Waals surface area contributed by atoms with Crippen molar-refractivity contribution in [1.29, 1.82) is 0 Å². The number of aromatic nitrogens is 4. The second-order valence-electron chi connectivity index (χ2n) is 11.7. The number of hydrogen-bond donors (Lipinski definition) is 1. The van der Waals surface area contributed by atoms with Crippen molar-refractivity contribution in [2.24, 2.45) is 0 Å². The molecule has 216 valence electrons. The highest BCUT2D eigenvalue weighted by molar-refractivity contribution is 7.22. The molecule has 4 heterocycles. The van der Waals surface area contributed by atoms with Crippen molar-refractivity contribution >= 4 is 41.0 Å². The number of ether oxygens (including phenoxy) is 1. The molecule has 0 fully saturated rings. The molecule has 0 spiro atoms. The summed E-state index contributed by atoms with van der Waals surface area (Å²) in [5.41, 5.74) is 6.07. The van der Waals surface area contributed by atoms with Gasteiger partial charge in [0.1, 0.15) is 5.75 Å². The number of methoxy groups -OCH3 is 1. The minimum Gasteiger partial charge on any atom is -0.496 e. The smallest absolute Gasteiger partial charge is 0.259 e. The molecule has 0 saturated heterocycles. The van der Waals surface area contributed by atoms with E-state index in [1.165, 1.54) is 11.3 Å². The Balaban J connectivity index is 1.34. The third kappa shape index (κ3) is 6.25. The number of carbonyl (C=O) groups is 1. The summed E-state index contributed by atoms with van der Waals surface area (Å²) in [5, 5.41) is 3.55. The maximum absolute atomic E-state index is 13.4. The van der Waals surface area contributed by atoms with Crippen molar-refractivity contribution in [2.75, 3.05) is 12.4 Å². The number of nitrogens with zero attached hydrogens (tertiary/aromatic N) is 4. The van der Waals surface area contributed by atoms with Crippen molar-refractivity contribution in [1.82, 2.24) is 19.9 Å². The lowest BCUT2D eigenvalue weighted by Gasteiger charge is -2.36. The van der Waals surface area contributed by atoms with Gasteiger partial charge in [-0.1, -0.05) is 56.4 Å². The fourth-order valence-corrected chi connectivity index (χ4v) is 5.99. The maximum atomic E-state index is 13.4. The lowest BCUT2D eigenvalue weighted by molar-refractivity contribution is 0.102. The van der Waals surface area contributed by atoms with E-state index in [2.05, 4.69) is 59.1 Å². The number of amides is 1. The molecule has 1 amide bonds. The Kier molecular flexibility index (Phi) is 8.23. The quantitative estimate of drug-likeness (QED) is 0.182. The Morgan fingerprint density at radius 3 is 2.48 bits per heavy atom. The van der Waals surface area contributed by atoms with Gasteiger partial charge < -0.3 is 9.16 Å². The summed E-state index contributed by atoms with van der Waals surface area (Å²) in [6, 6.07) is 15.5. The topological polar surface area (TPSA) is 99.1 Å². The fraction of sp³-hybridized carbons (Fsp3) is 0.281. The zero-order chi connectivity index (χ0) is 30.1. The number of thiazole rings is 1. The summed E-state index contributed by atoms with van der Waals surface area (Å²) in [4.78, 5) is 31.5. The van der Waals surface area contributed by atoms with E-state index < -0.39 is 8.32 Å². The van der Waals surface area contributed by atoms with Crippen molar-refractivity contribution in [3.8, 4) is 28.1 Å². The molecule has 0 aliphatic carbocycles. The van der Waals surface area contributed by atoms with E-state index in [0.29, 0.717) is 28.7 Å². The Bertz CT molecular complexity index is 1750. The van der Waals surface area contributed by atoms with Gasteiger partial charge in [0.2, 0.25) is 0 Å². The van der Waals surface area contributed by atoms with E-state index in [4.69, 9.17) is 9.16 Å². The monoisotopic (exact) mass is 597 g/mol. The molecule has 5 aromatic rings. The second-order valence-corrected chi connectivity index (χ2v) is 17.5. The number of anilines is 1. The summed E-state index contributed by atoms with van der Waals surface area (Å²) in [6.07, 6.45) is 5.20. The number of rotatable bonds is 8. The number of fused-ring (bicyclic) bond motifs is 1. The zero-order valence-electron chi connectivity index (χ0n) is 25.0. The van der Waals surface area contributed by atoms with E-state index >= 15 is 0 Å². The molecule has 0 aliphatic heterocycles. The van der Waals surface area contributed by atoms with Gasteiger partial charge in [0, 0.05) is 41.0 Å². The van der Waals surface area contributed by atoms with Crippen molar-refractivity contribution < 1.29 is 14.0 Å². The number of benzene rings is 1. The normalized spacial score (nSPS) is 12.0. The average Bonchev–Trinajstić information content (AvgIpc) is 3.37. The minimum absolute atomic E-state index is 0.156. The number of aryl methyl sites for hydroxylation is 1. The van der Waals surface area contributed by atoms with Crippen LogP contribution >= 0.6 is 11.3 Å². The van der Waals surface area contributed by atoms with Gasteiger partial charge in [0.25, 0.3) is 5.91 Å². The maximum Gasteiger partial charge on any atom is 0.259 e. The third-order valence-corrected chi connectivity index (χ3v) is 13.1. The molecule has 1 aromatic carbocycles. The molecule has 42 heavy (non-hydrogen) atoms. The van der Waals surface area contributed by atoms with Gasteiger partial charge >= 0.3 is 0 Å². The van der Waals surface area contributed by atoms with Crippen LogP contribution in [-0.4, -0.2) is 41.3 Å². The highest BCUT2D eigenvalue weighted by Crippen LogP contribution is 2.37. The highest BCUT2D eigenvalue weighted by atomic mass is 32.1. The van der Waals surface area contributed by atoms with Crippen LogP contribution in [0.15, 0.2) is 67.1 Å². The van der Waals surface area contributed by atoms with Gasteiger partial charge in [-0.05, 0) is 54.9 Å². The summed E-state index contributed by atoms with van der Waals surface area (Å²) in [5.74, 6) is 0.374. The van der Waals surface area contributed by atoms with E-state index in [9.17, 15) is 4.79 Å². The second kappa shape index (κ2) is 11.7. The Morgan fingerprint density at radius 2 is 1.76 bits per heavy atom. The lowest BCUT2D eigenvalue weighted by atomic mass is 9.99. The van der Waals surface area contributed by atoms with Gasteiger partial charge in [-0.3, -0.25) is 20.1 Å². The van der Waals surface area contributed by atoms with Gasteiger partial charge in [0.15, 0.2) is 19.1 Å². The van der Waals surface area contributed by atoms with Gasteiger partial charge in [-0.25, -0.2) is 4.98 Å². The standard InChI is InChI=1S/C32H35N5O3SSi/c1-20-14-24(23-10-8-9-11-27(23)39-5)25(18-33-20)30(38)37-31-36-29-28(41-31)15-22(17-35-29)26-13-12-21(16-34-26)19-40-42(6,7)32(2,3)4/h8-18H,19H2,1-7H3,(H,35,36,37,38). The lowest BCUT2D eigenvalue weighted by Crippen LogP contribution is -2.40. The molecule has 5 rings (SSSR count). The van der Waals surface area contributed by atoms with Crippen LogP contribution in [0.1, 0.15) is 42.4 Å². The van der Waals surface area contributed by atoms with E-state index in [-0.39, 0.29) is 10.9 Å². The van der Waals surface area contributed by atoms with Gasteiger partial charge in [-0.2, -0.15) is 4.98 Å². The molecule has 0 aliphatic rings. The van der Waals surface area contributed by atoms with Crippen LogP contribution in [0.2, 0.25) is 18.1 Å². The molecule has 4 aromatic heterocycles. The highest BCUT2D eigenvalue weighted by Gasteiger charge is 2.37. The molecule has 8 nitrogen and oxygen atoms in total. The summed E-state index contributed by atoms with van der Waals surface area (Å²) in [7, 11) is -0.222. The predicted octanol–water partition coefficient (Wildman–Crippen LogP) is 7.91. The summed E-state index contributed by atoms with van der Waals surface area (Å²) < 4.78 is 12.7. The Hall–Kier alpha value is -3.99. The van der Waals surface area contributed by atoms with Crippen molar-refractivity contribution in [3.05, 3.63) is 83.9 Å². The largest absolute Gasteiger partial charge is 0.496 e. The van der Waals surface area contributed by atoms with E-state index in [0.717, 1.165) is 38.3 Å². The molecule has 1 N–H and O–H groups in total. The van der Waals surface area contributed by atoms with E-state index in [1.54, 1.807) is 19.5 Å². The molecular weight excluding hydrogens is 563 g/mol. The van der Waals surface area contributed by atoms with Crippen LogP contribution < -0.4 is 10.1 Å². The van der Waals surface area contributed by atoms with Crippen LogP contribution in [0.25, 0.3) is 32.7 Å². The van der Waals surface area contributed by atoms with Crippen molar-refractivity contribution in [2.45, 2.75) is 52.4 Å². The Morgan fingerprint density at radius 1 is 0.976 bits per heavy atom. The number of carbonyl (C=O) groups excluding carboxylic acids is 1. The molecule has 0 saturated carbocycles. The van der Waals surface area contributed by atoms with Crippen molar-refractivity contribution in [3.63, 3.8) is 0 Å². The minimum atomic E-state index is -1.84. The average molecular weight is 598 g/mol. The first-order valence-electron chi connectivity index (χ1n) is 13.7. The molecular formula is C32H35N5O3SSi. The van der Waals surface area contributed by atoms with Gasteiger partial charge in [0.05, 0.1) is 29.7 Å². The van der Waals surface area contributed by atoms with Crippen LogP contribution in [0.4, 0.5) is 5.13 Å². The van der Waals surface area contributed by atoms with Crippen LogP contribution in [0.5, 0.6) is 5.75 Å². The first-order valence-corrected chi connectivity index (χ1v) is 17.4. The SMILES string of the molecule is COc1ccccc1-c1cc(C)ncc1C(=O)Nc1nc2ncc(-c3ccc(CO[Si](C)(C)C(C)(C)C)cn3)cc2s1. The summed E-state index contributed by atoms with van der Waals surface area (Å²) >= 11 is 1.36.